The Kier molecular flexibility index (Phi) is 3.13. The van der Waals surface area contributed by atoms with E-state index in [0.717, 1.165) is 27.7 Å². The van der Waals surface area contributed by atoms with Crippen LogP contribution in [-0.4, -0.2) is 12.5 Å². The van der Waals surface area contributed by atoms with Gasteiger partial charge in [-0.15, -0.1) is 0 Å². The highest BCUT2D eigenvalue weighted by molar-refractivity contribution is 6.10. The van der Waals surface area contributed by atoms with Gasteiger partial charge in [0.2, 0.25) is 5.91 Å². The van der Waals surface area contributed by atoms with Crippen LogP contribution >= 0.6 is 0 Å². The summed E-state index contributed by atoms with van der Waals surface area (Å²) < 4.78 is 0. The van der Waals surface area contributed by atoms with Crippen LogP contribution in [0.1, 0.15) is 5.56 Å². The zero-order valence-electron chi connectivity index (χ0n) is 12.1. The van der Waals surface area contributed by atoms with E-state index in [-0.39, 0.29) is 5.91 Å². The zero-order valence-corrected chi connectivity index (χ0v) is 12.1. The molecular formula is C19H16N2O. The van der Waals surface area contributed by atoms with Crippen molar-refractivity contribution in [1.82, 2.24) is 5.32 Å². The Labute approximate surface area is 129 Å². The molecule has 0 radical (unpaired) electrons. The predicted octanol–water partition coefficient (Wildman–Crippen LogP) is 3.61. The first-order valence-corrected chi connectivity index (χ1v) is 7.44. The number of hydrogen-bond donors (Lipinski definition) is 1. The van der Waals surface area contributed by atoms with E-state index in [4.69, 9.17) is 0 Å². The maximum absolute atomic E-state index is 12.7. The monoisotopic (exact) mass is 288 g/mol. The third-order valence-corrected chi connectivity index (χ3v) is 4.06. The van der Waals surface area contributed by atoms with Crippen LogP contribution < -0.4 is 10.2 Å². The number of nitrogens with zero attached hydrogens (tertiary/aromatic N) is 1. The number of fused-ring (bicyclic) bond motifs is 3. The summed E-state index contributed by atoms with van der Waals surface area (Å²) in [4.78, 5) is 14.5. The van der Waals surface area contributed by atoms with E-state index in [9.17, 15) is 4.79 Å². The maximum Gasteiger partial charge on any atom is 0.245 e. The average Bonchev–Trinajstić information content (AvgIpc) is 2.74. The van der Waals surface area contributed by atoms with Gasteiger partial charge in [-0.3, -0.25) is 9.69 Å². The molecule has 3 aromatic carbocycles. The minimum Gasteiger partial charge on any atom is -0.304 e. The van der Waals surface area contributed by atoms with Gasteiger partial charge < -0.3 is 5.32 Å². The van der Waals surface area contributed by atoms with Gasteiger partial charge in [-0.05, 0) is 23.1 Å². The molecule has 1 aliphatic rings. The quantitative estimate of drug-likeness (QED) is 0.742. The molecule has 0 saturated carbocycles. The van der Waals surface area contributed by atoms with Crippen molar-refractivity contribution in [2.75, 3.05) is 11.4 Å². The Bertz CT molecular complexity index is 842. The molecule has 0 spiro atoms. The topological polar surface area (TPSA) is 32.3 Å². The molecule has 0 fully saturated rings. The molecule has 1 amide bonds. The van der Waals surface area contributed by atoms with E-state index in [0.29, 0.717) is 13.1 Å². The number of carbonyl (C=O) groups excluding carboxylic acids is 1. The number of carbonyl (C=O) groups is 1. The van der Waals surface area contributed by atoms with Crippen LogP contribution in [0, 0.1) is 0 Å². The second-order valence-electron chi connectivity index (χ2n) is 5.46. The molecule has 0 bridgehead atoms. The highest BCUT2D eigenvalue weighted by Gasteiger charge is 2.25. The largest absolute Gasteiger partial charge is 0.304 e. The first-order valence-electron chi connectivity index (χ1n) is 7.44. The molecule has 0 unspecified atom stereocenters. The van der Waals surface area contributed by atoms with E-state index < -0.39 is 0 Å². The number of benzene rings is 3. The number of nitrogens with one attached hydrogen (secondary N) is 1. The highest BCUT2D eigenvalue weighted by Crippen LogP contribution is 2.36. The molecule has 22 heavy (non-hydrogen) atoms. The summed E-state index contributed by atoms with van der Waals surface area (Å²) in [5.74, 6) is 0.0707. The SMILES string of the molecule is O=C1CNCc2ccc3ccccc3c2N1c1ccccc1. The number of amides is 1. The van der Waals surface area contributed by atoms with Crippen LogP contribution in [0.15, 0.2) is 66.7 Å². The summed E-state index contributed by atoms with van der Waals surface area (Å²) >= 11 is 0. The average molecular weight is 288 g/mol. The molecule has 0 aliphatic carbocycles. The van der Waals surface area contributed by atoms with Crippen LogP contribution in [0.5, 0.6) is 0 Å². The molecular weight excluding hydrogens is 272 g/mol. The number of hydrogen-bond acceptors (Lipinski definition) is 2. The lowest BCUT2D eigenvalue weighted by atomic mass is 10.0. The maximum atomic E-state index is 12.7. The van der Waals surface area contributed by atoms with Gasteiger partial charge in [0, 0.05) is 17.6 Å². The van der Waals surface area contributed by atoms with Crippen molar-refractivity contribution in [1.29, 1.82) is 0 Å². The Morgan fingerprint density at radius 2 is 1.59 bits per heavy atom. The van der Waals surface area contributed by atoms with Gasteiger partial charge in [0.05, 0.1) is 12.2 Å². The molecule has 0 atom stereocenters. The number of anilines is 2. The van der Waals surface area contributed by atoms with Gasteiger partial charge >= 0.3 is 0 Å². The van der Waals surface area contributed by atoms with Crippen molar-refractivity contribution >= 4 is 28.1 Å². The van der Waals surface area contributed by atoms with Gasteiger partial charge in [-0.1, -0.05) is 54.6 Å². The Morgan fingerprint density at radius 3 is 2.45 bits per heavy atom. The molecule has 0 saturated heterocycles. The Hall–Kier alpha value is -2.65. The normalized spacial score (nSPS) is 14.7. The van der Waals surface area contributed by atoms with E-state index in [1.807, 2.05) is 47.4 Å². The standard InChI is InChI=1S/C19H16N2O/c22-18-13-20-12-15-11-10-14-6-4-5-9-17(14)19(15)21(18)16-7-2-1-3-8-16/h1-11,20H,12-13H2. The lowest BCUT2D eigenvalue weighted by Crippen LogP contribution is -2.31. The molecule has 1 aliphatic heterocycles. The molecule has 4 rings (SSSR count). The summed E-state index contributed by atoms with van der Waals surface area (Å²) in [6, 6.07) is 22.3. The first kappa shape index (κ1) is 13.0. The third-order valence-electron chi connectivity index (χ3n) is 4.06. The van der Waals surface area contributed by atoms with Gasteiger partial charge in [0.15, 0.2) is 0 Å². The fraction of sp³-hybridized carbons (Fsp3) is 0.105. The van der Waals surface area contributed by atoms with Crippen LogP contribution in [0.2, 0.25) is 0 Å². The minimum atomic E-state index is 0.0707. The van der Waals surface area contributed by atoms with Crippen LogP contribution in [0.25, 0.3) is 10.8 Å². The van der Waals surface area contributed by atoms with E-state index in [1.54, 1.807) is 0 Å². The molecule has 1 N–H and O–H groups in total. The van der Waals surface area contributed by atoms with Crippen molar-refractivity contribution in [3.8, 4) is 0 Å². The summed E-state index contributed by atoms with van der Waals surface area (Å²) in [5.41, 5.74) is 3.06. The number of para-hydroxylation sites is 1. The van der Waals surface area contributed by atoms with Crippen LogP contribution in [0.4, 0.5) is 11.4 Å². The van der Waals surface area contributed by atoms with Gasteiger partial charge in [0.1, 0.15) is 0 Å². The van der Waals surface area contributed by atoms with Gasteiger partial charge in [-0.25, -0.2) is 0 Å². The molecule has 3 heteroatoms. The van der Waals surface area contributed by atoms with Crippen molar-refractivity contribution in [2.45, 2.75) is 6.54 Å². The third kappa shape index (κ3) is 2.07. The van der Waals surface area contributed by atoms with Crippen LogP contribution in [-0.2, 0) is 11.3 Å². The molecule has 3 nitrogen and oxygen atoms in total. The molecule has 1 heterocycles. The van der Waals surface area contributed by atoms with Crippen molar-refractivity contribution in [2.24, 2.45) is 0 Å². The lowest BCUT2D eigenvalue weighted by molar-refractivity contribution is -0.117. The van der Waals surface area contributed by atoms with E-state index in [1.165, 1.54) is 0 Å². The summed E-state index contributed by atoms with van der Waals surface area (Å²) in [6.07, 6.45) is 0. The summed E-state index contributed by atoms with van der Waals surface area (Å²) in [7, 11) is 0. The zero-order chi connectivity index (χ0) is 14.9. The van der Waals surface area contributed by atoms with Gasteiger partial charge in [-0.2, -0.15) is 0 Å². The predicted molar refractivity (Wildman–Crippen MR) is 89.2 cm³/mol. The lowest BCUT2D eigenvalue weighted by Gasteiger charge is -2.24. The highest BCUT2D eigenvalue weighted by atomic mass is 16.2. The first-order chi connectivity index (χ1) is 10.8. The summed E-state index contributed by atoms with van der Waals surface area (Å²) in [6.45, 7) is 1.05. The Morgan fingerprint density at radius 1 is 0.818 bits per heavy atom. The fourth-order valence-corrected chi connectivity index (χ4v) is 3.07. The van der Waals surface area contributed by atoms with Crippen molar-refractivity contribution < 1.29 is 4.79 Å². The summed E-state index contributed by atoms with van der Waals surface area (Å²) in [5, 5.41) is 5.49. The van der Waals surface area contributed by atoms with E-state index in [2.05, 4.69) is 29.6 Å². The smallest absolute Gasteiger partial charge is 0.245 e. The van der Waals surface area contributed by atoms with E-state index >= 15 is 0 Å². The minimum absolute atomic E-state index is 0.0707. The Balaban J connectivity index is 2.03. The number of rotatable bonds is 1. The van der Waals surface area contributed by atoms with Crippen LogP contribution in [0.3, 0.4) is 0 Å². The molecule has 108 valence electrons. The molecule has 3 aromatic rings. The van der Waals surface area contributed by atoms with Crippen molar-refractivity contribution in [3.05, 3.63) is 72.3 Å². The fourth-order valence-electron chi connectivity index (χ4n) is 3.07. The van der Waals surface area contributed by atoms with Gasteiger partial charge in [0.25, 0.3) is 0 Å². The van der Waals surface area contributed by atoms with Crippen molar-refractivity contribution in [3.63, 3.8) is 0 Å². The second-order valence-corrected chi connectivity index (χ2v) is 5.46. The molecule has 0 aromatic heterocycles. The second kappa shape index (κ2) is 5.28.